The molecule has 0 fully saturated rings. The Morgan fingerprint density at radius 1 is 1.22 bits per heavy atom. The van der Waals surface area contributed by atoms with Crippen LogP contribution in [-0.4, -0.2) is 29.8 Å². The zero-order chi connectivity index (χ0) is 12.7. The molecular weight excluding hydrogens is 224 g/mol. The molecule has 18 heavy (non-hydrogen) atoms. The van der Waals surface area contributed by atoms with Gasteiger partial charge in [0.05, 0.1) is 5.69 Å². The minimum absolute atomic E-state index is 0.140. The monoisotopic (exact) mass is 240 g/mol. The number of aromatic nitrogens is 1. The van der Waals surface area contributed by atoms with Crippen LogP contribution in [0.3, 0.4) is 0 Å². The molecule has 0 atom stereocenters. The molecule has 0 saturated heterocycles. The number of aromatic amines is 1. The molecule has 1 aliphatic rings. The molecule has 3 nitrogen and oxygen atoms in total. The highest BCUT2D eigenvalue weighted by Gasteiger charge is 2.25. The number of aryl methyl sites for hydroxylation is 1. The largest absolute Gasteiger partial charge is 0.383 e. The smallest absolute Gasteiger partial charge is 0.206 e. The molecule has 0 spiro atoms. The minimum Gasteiger partial charge on any atom is -0.383 e. The lowest BCUT2D eigenvalue weighted by molar-refractivity contribution is 0.102. The van der Waals surface area contributed by atoms with Crippen LogP contribution in [0.15, 0.2) is 36.0 Å². The van der Waals surface area contributed by atoms with Crippen molar-refractivity contribution in [3.8, 4) is 0 Å². The number of carbonyl (C=O) groups excluding carboxylic acids is 1. The van der Waals surface area contributed by atoms with Crippen LogP contribution in [0.25, 0.3) is 10.9 Å². The average molecular weight is 240 g/mol. The Bertz CT molecular complexity index is 650. The predicted octanol–water partition coefficient (Wildman–Crippen LogP) is 2.74. The summed E-state index contributed by atoms with van der Waals surface area (Å²) >= 11 is 0. The number of fused-ring (bicyclic) bond motifs is 3. The first-order valence-electron chi connectivity index (χ1n) is 6.18. The summed E-state index contributed by atoms with van der Waals surface area (Å²) in [5, 5.41) is 1.18. The SMILES string of the molecule is CN(C)/C=C1/CCc2c([nH]c3ccccc23)C1=O. The number of H-pyrrole nitrogens is 1. The molecule has 1 aromatic heterocycles. The van der Waals surface area contributed by atoms with Crippen molar-refractivity contribution in [1.29, 1.82) is 0 Å². The van der Waals surface area contributed by atoms with Crippen molar-refractivity contribution in [3.63, 3.8) is 0 Å². The fourth-order valence-electron chi connectivity index (χ4n) is 2.62. The van der Waals surface area contributed by atoms with Crippen molar-refractivity contribution in [2.75, 3.05) is 14.1 Å². The van der Waals surface area contributed by atoms with E-state index in [1.165, 1.54) is 10.9 Å². The summed E-state index contributed by atoms with van der Waals surface area (Å²) in [6.07, 6.45) is 3.69. The van der Waals surface area contributed by atoms with Gasteiger partial charge in [-0.15, -0.1) is 0 Å². The number of benzene rings is 1. The number of nitrogens with one attached hydrogen (secondary N) is 1. The lowest BCUT2D eigenvalue weighted by atomic mass is 9.91. The number of allylic oxidation sites excluding steroid dienone is 1. The first-order valence-corrected chi connectivity index (χ1v) is 6.18. The molecule has 1 heterocycles. The van der Waals surface area contributed by atoms with Gasteiger partial charge in [-0.3, -0.25) is 4.79 Å². The Kier molecular flexibility index (Phi) is 2.47. The molecule has 1 aromatic carbocycles. The molecular formula is C15H16N2O. The average Bonchev–Trinajstić information content (AvgIpc) is 2.72. The number of para-hydroxylation sites is 1. The van der Waals surface area contributed by atoms with Crippen LogP contribution in [-0.2, 0) is 6.42 Å². The van der Waals surface area contributed by atoms with Crippen molar-refractivity contribution in [1.82, 2.24) is 9.88 Å². The van der Waals surface area contributed by atoms with E-state index in [-0.39, 0.29) is 5.78 Å². The molecule has 1 N–H and O–H groups in total. The maximum Gasteiger partial charge on any atom is 0.206 e. The van der Waals surface area contributed by atoms with Gasteiger partial charge in [0.2, 0.25) is 5.78 Å². The third-order valence-corrected chi connectivity index (χ3v) is 3.39. The molecule has 1 aliphatic carbocycles. The molecule has 0 bridgehead atoms. The van der Waals surface area contributed by atoms with E-state index in [0.717, 1.165) is 29.6 Å². The zero-order valence-electron chi connectivity index (χ0n) is 10.7. The summed E-state index contributed by atoms with van der Waals surface area (Å²) in [5.41, 5.74) is 3.89. The van der Waals surface area contributed by atoms with Gasteiger partial charge in [0.15, 0.2) is 0 Å². The van der Waals surface area contributed by atoms with Crippen molar-refractivity contribution in [2.45, 2.75) is 12.8 Å². The number of rotatable bonds is 1. The summed E-state index contributed by atoms with van der Waals surface area (Å²) in [7, 11) is 3.89. The van der Waals surface area contributed by atoms with Gasteiger partial charge in [-0.25, -0.2) is 0 Å². The highest BCUT2D eigenvalue weighted by atomic mass is 16.1. The Hall–Kier alpha value is -2.03. The van der Waals surface area contributed by atoms with Crippen LogP contribution in [0, 0.1) is 0 Å². The maximum absolute atomic E-state index is 12.4. The fourth-order valence-corrected chi connectivity index (χ4v) is 2.62. The third-order valence-electron chi connectivity index (χ3n) is 3.39. The topological polar surface area (TPSA) is 36.1 Å². The van der Waals surface area contributed by atoms with E-state index in [2.05, 4.69) is 11.1 Å². The number of ketones is 1. The lowest BCUT2D eigenvalue weighted by Gasteiger charge is -2.16. The molecule has 0 aliphatic heterocycles. The highest BCUT2D eigenvalue weighted by Crippen LogP contribution is 2.31. The summed E-state index contributed by atoms with van der Waals surface area (Å²) in [5.74, 6) is 0.140. The Morgan fingerprint density at radius 2 is 2.00 bits per heavy atom. The van der Waals surface area contributed by atoms with Gasteiger partial charge in [-0.1, -0.05) is 18.2 Å². The van der Waals surface area contributed by atoms with Gasteiger partial charge in [0.1, 0.15) is 0 Å². The zero-order valence-corrected chi connectivity index (χ0v) is 10.7. The molecule has 0 saturated carbocycles. The number of nitrogens with zero attached hydrogens (tertiary/aromatic N) is 1. The van der Waals surface area contributed by atoms with Gasteiger partial charge in [-0.2, -0.15) is 0 Å². The van der Waals surface area contributed by atoms with Crippen LogP contribution in [0.1, 0.15) is 22.5 Å². The van der Waals surface area contributed by atoms with Crippen molar-refractivity contribution >= 4 is 16.7 Å². The Labute approximate surface area is 106 Å². The quantitative estimate of drug-likeness (QED) is 0.778. The normalized spacial score (nSPS) is 17.2. The number of hydrogen-bond donors (Lipinski definition) is 1. The second-order valence-electron chi connectivity index (χ2n) is 4.97. The van der Waals surface area contributed by atoms with E-state index in [9.17, 15) is 4.79 Å². The Morgan fingerprint density at radius 3 is 2.78 bits per heavy atom. The van der Waals surface area contributed by atoms with Crippen molar-refractivity contribution in [2.24, 2.45) is 0 Å². The van der Waals surface area contributed by atoms with Crippen molar-refractivity contribution in [3.05, 3.63) is 47.3 Å². The molecule has 0 radical (unpaired) electrons. The second kappa shape index (κ2) is 4.02. The van der Waals surface area contributed by atoms with E-state index < -0.39 is 0 Å². The van der Waals surface area contributed by atoms with E-state index in [0.29, 0.717) is 0 Å². The van der Waals surface area contributed by atoms with E-state index >= 15 is 0 Å². The predicted molar refractivity (Wildman–Crippen MR) is 72.7 cm³/mol. The van der Waals surface area contributed by atoms with Crippen LogP contribution >= 0.6 is 0 Å². The van der Waals surface area contributed by atoms with Crippen LogP contribution < -0.4 is 0 Å². The first-order chi connectivity index (χ1) is 8.66. The highest BCUT2D eigenvalue weighted by molar-refractivity contribution is 6.12. The molecule has 92 valence electrons. The molecule has 2 aromatic rings. The summed E-state index contributed by atoms with van der Waals surface area (Å²) in [4.78, 5) is 17.6. The summed E-state index contributed by atoms with van der Waals surface area (Å²) < 4.78 is 0. The second-order valence-corrected chi connectivity index (χ2v) is 4.97. The van der Waals surface area contributed by atoms with E-state index in [1.807, 2.05) is 43.4 Å². The van der Waals surface area contributed by atoms with Gasteiger partial charge >= 0.3 is 0 Å². The van der Waals surface area contributed by atoms with Crippen LogP contribution in [0.5, 0.6) is 0 Å². The summed E-state index contributed by atoms with van der Waals surface area (Å²) in [6, 6.07) is 8.12. The fraction of sp³-hybridized carbons (Fsp3) is 0.267. The number of Topliss-reactive ketones (excluding diaryl/α,β-unsaturated/α-hetero) is 1. The van der Waals surface area contributed by atoms with E-state index in [4.69, 9.17) is 0 Å². The standard InChI is InChI=1S/C15H16N2O/c1-17(2)9-10-7-8-12-11-5-3-4-6-13(11)16-14(12)15(10)18/h3-6,9,16H,7-8H2,1-2H3/b10-9-. The first kappa shape index (κ1) is 11.1. The third kappa shape index (κ3) is 1.63. The van der Waals surface area contributed by atoms with Gasteiger partial charge in [0.25, 0.3) is 0 Å². The van der Waals surface area contributed by atoms with Crippen molar-refractivity contribution < 1.29 is 4.79 Å². The molecule has 3 rings (SSSR count). The van der Waals surface area contributed by atoms with Crippen LogP contribution in [0.4, 0.5) is 0 Å². The van der Waals surface area contributed by atoms with Gasteiger partial charge < -0.3 is 9.88 Å². The van der Waals surface area contributed by atoms with Gasteiger partial charge in [0, 0.05) is 36.8 Å². The van der Waals surface area contributed by atoms with E-state index in [1.54, 1.807) is 0 Å². The molecule has 3 heteroatoms. The summed E-state index contributed by atoms with van der Waals surface area (Å²) in [6.45, 7) is 0. The maximum atomic E-state index is 12.4. The van der Waals surface area contributed by atoms with Crippen LogP contribution in [0.2, 0.25) is 0 Å². The number of carbonyl (C=O) groups is 1. The Balaban J connectivity index is 2.14. The van der Waals surface area contributed by atoms with Gasteiger partial charge in [-0.05, 0) is 24.5 Å². The molecule has 0 amide bonds. The number of hydrogen-bond acceptors (Lipinski definition) is 2. The lowest BCUT2D eigenvalue weighted by Crippen LogP contribution is -2.16. The minimum atomic E-state index is 0.140. The molecule has 0 unspecified atom stereocenters.